The lowest BCUT2D eigenvalue weighted by Crippen LogP contribution is -2.35. The molecule has 18 nitrogen and oxygen atoms in total. The van der Waals surface area contributed by atoms with Gasteiger partial charge in [-0.3, -0.25) is 19.3 Å². The zero-order valence-corrected chi connectivity index (χ0v) is 50.1. The minimum absolute atomic E-state index is 0.0245. The highest BCUT2D eigenvalue weighted by molar-refractivity contribution is 7.92. The quantitative estimate of drug-likeness (QED) is 0.0586. The van der Waals surface area contributed by atoms with E-state index in [0.717, 1.165) is 84.8 Å². The summed E-state index contributed by atoms with van der Waals surface area (Å²) in [4.78, 5) is 24.5. The van der Waals surface area contributed by atoms with Crippen LogP contribution in [0.3, 0.4) is 0 Å². The molecule has 5 N–H and O–H groups in total. The first-order valence-electron chi connectivity index (χ1n) is 27.8. The number of carbonyl (C=O) groups is 2. The number of aromatic nitrogens is 8. The number of aromatic amines is 1. The summed E-state index contributed by atoms with van der Waals surface area (Å²) < 4.78 is 59.9. The molecule has 2 aliphatic heterocycles. The molecule has 2 fully saturated rings. The number of rotatable bonds is 14. The molecule has 6 aromatic rings. The van der Waals surface area contributed by atoms with Crippen molar-refractivity contribution in [3.05, 3.63) is 130 Å². The Kier molecular flexibility index (Phi) is 18.0. The zero-order valence-electron chi connectivity index (χ0n) is 47.5. The van der Waals surface area contributed by atoms with Crippen LogP contribution in [-0.4, -0.2) is 110 Å². The van der Waals surface area contributed by atoms with Crippen LogP contribution in [0.1, 0.15) is 147 Å². The van der Waals surface area contributed by atoms with E-state index in [1.807, 2.05) is 58.2 Å². The summed E-state index contributed by atoms with van der Waals surface area (Å²) >= 11 is 0. The minimum Gasteiger partial charge on any atom is -0.476 e. The number of nitrogens with zero attached hydrogens (tertiary/aromatic N) is 7. The van der Waals surface area contributed by atoms with E-state index >= 15 is 0 Å². The van der Waals surface area contributed by atoms with Crippen LogP contribution in [0.15, 0.2) is 85.5 Å². The molecule has 2 aliphatic carbocycles. The zero-order chi connectivity index (χ0) is 57.1. The van der Waals surface area contributed by atoms with Crippen molar-refractivity contribution in [2.75, 3.05) is 29.2 Å². The van der Waals surface area contributed by atoms with E-state index in [9.17, 15) is 31.5 Å². The third-order valence-corrected chi connectivity index (χ3v) is 22.6. The number of sulfone groups is 2. The van der Waals surface area contributed by atoms with Crippen LogP contribution >= 0.6 is 0 Å². The van der Waals surface area contributed by atoms with E-state index in [0.29, 0.717) is 49.5 Å². The van der Waals surface area contributed by atoms with Gasteiger partial charge in [0.1, 0.15) is 6.73 Å². The second kappa shape index (κ2) is 24.1. The van der Waals surface area contributed by atoms with Crippen LogP contribution in [0, 0.1) is 22.7 Å². The molecule has 0 saturated carbocycles. The van der Waals surface area contributed by atoms with Gasteiger partial charge in [-0.1, -0.05) is 108 Å². The Labute approximate surface area is 467 Å². The fraction of sp³-hybridized carbons (Fsp3) is 0.552. The van der Waals surface area contributed by atoms with Gasteiger partial charge in [0.15, 0.2) is 31.1 Å². The van der Waals surface area contributed by atoms with Crippen molar-refractivity contribution in [1.29, 1.82) is 0 Å². The van der Waals surface area contributed by atoms with Crippen molar-refractivity contribution >= 4 is 51.0 Å². The number of fused-ring (bicyclic) bond motifs is 2. The number of carboxylic acid groups (broad SMARTS) is 1. The van der Waals surface area contributed by atoms with E-state index < -0.39 is 33.7 Å². The average Bonchev–Trinajstić information content (AvgIpc) is 4.24. The lowest BCUT2D eigenvalue weighted by atomic mass is 9.76. The van der Waals surface area contributed by atoms with Crippen molar-refractivity contribution in [2.24, 2.45) is 22.7 Å². The summed E-state index contributed by atoms with van der Waals surface area (Å²) in [5, 5.41) is 32.3. The van der Waals surface area contributed by atoms with Gasteiger partial charge in [0, 0.05) is 49.6 Å². The molecule has 2 saturated heterocycles. The smallest absolute Gasteiger partial charge is 0.356 e. The van der Waals surface area contributed by atoms with Crippen molar-refractivity contribution in [3.63, 3.8) is 0 Å². The first-order chi connectivity index (χ1) is 37.2. The summed E-state index contributed by atoms with van der Waals surface area (Å²) in [6, 6.07) is 21.2. The summed E-state index contributed by atoms with van der Waals surface area (Å²) in [7, 11) is -7.09. The second-order valence-electron chi connectivity index (χ2n) is 25.2. The van der Waals surface area contributed by atoms with E-state index in [1.165, 1.54) is 0 Å². The van der Waals surface area contributed by atoms with E-state index in [4.69, 9.17) is 10.5 Å². The highest BCUT2D eigenvalue weighted by atomic mass is 32.2. The normalized spacial score (nSPS) is 22.5. The maximum absolute atomic E-state index is 13.1. The molecular formula is C58H82N10O8S2Si. The van der Waals surface area contributed by atoms with Crippen LogP contribution in [0.2, 0.25) is 25.7 Å². The molecule has 6 atom stereocenters. The average molecular weight is 1140 g/mol. The second-order valence-corrected chi connectivity index (χ2v) is 35.9. The van der Waals surface area contributed by atoms with Crippen molar-refractivity contribution in [2.45, 2.75) is 161 Å². The maximum Gasteiger partial charge on any atom is 0.356 e. The highest BCUT2D eigenvalue weighted by Crippen LogP contribution is 2.40. The molecule has 21 heteroatoms. The number of anilines is 2. The number of amides is 1. The Morgan fingerprint density at radius 2 is 1.32 bits per heavy atom. The van der Waals surface area contributed by atoms with Crippen molar-refractivity contribution < 1.29 is 36.3 Å². The fourth-order valence-corrected chi connectivity index (χ4v) is 15.6. The van der Waals surface area contributed by atoms with Gasteiger partial charge in [-0.25, -0.2) is 26.3 Å². The Morgan fingerprint density at radius 1 is 0.785 bits per heavy atom. The summed E-state index contributed by atoms with van der Waals surface area (Å²) in [5.74, 6) is -0.374. The van der Waals surface area contributed by atoms with E-state index in [1.54, 1.807) is 30.9 Å². The summed E-state index contributed by atoms with van der Waals surface area (Å²) in [6.45, 7) is 20.5. The largest absolute Gasteiger partial charge is 0.476 e. The molecule has 79 heavy (non-hydrogen) atoms. The molecule has 2 aromatic carbocycles. The summed E-state index contributed by atoms with van der Waals surface area (Å²) in [5.41, 5.74) is 14.3. The van der Waals surface area contributed by atoms with E-state index in [2.05, 4.69) is 102 Å². The van der Waals surface area contributed by atoms with Gasteiger partial charge in [0.2, 0.25) is 0 Å². The van der Waals surface area contributed by atoms with Gasteiger partial charge < -0.3 is 20.9 Å². The number of benzene rings is 2. The maximum atomic E-state index is 13.1. The predicted molar refractivity (Wildman–Crippen MR) is 311 cm³/mol. The molecule has 6 unspecified atom stereocenters. The molecule has 0 spiro atoms. The SMILES string of the molecule is CC1(C)CCc2c(C(=O)O)nn(COCC[Si](C)(C)C)c2C1.CC1CC(C(c2ccccc2)n2cc(N)cn2)CCS1(=O)=O.CC1CC(C(c2ccccc2)n2cc(NC(=O)c3n[nH]c4c3CCC(C)(C)C4)cn2)CCS1(=O)=O. The van der Waals surface area contributed by atoms with E-state index in [-0.39, 0.29) is 68.4 Å². The van der Waals surface area contributed by atoms with Gasteiger partial charge in [0.25, 0.3) is 5.91 Å². The lowest BCUT2D eigenvalue weighted by molar-refractivity contribution is 0.0667. The number of H-pyrrole nitrogens is 1. The molecule has 4 aromatic heterocycles. The number of aromatic carboxylic acids is 1. The van der Waals surface area contributed by atoms with Crippen molar-refractivity contribution in [3.8, 4) is 0 Å². The summed E-state index contributed by atoms with van der Waals surface area (Å²) in [6.07, 6.45) is 14.8. The van der Waals surface area contributed by atoms with Gasteiger partial charge >= 0.3 is 5.97 Å². The highest BCUT2D eigenvalue weighted by Gasteiger charge is 2.39. The molecule has 10 rings (SSSR count). The number of nitrogens with two attached hydrogens (primary N) is 1. The third kappa shape index (κ3) is 14.7. The Balaban J connectivity index is 0.000000163. The molecule has 0 bridgehead atoms. The fourth-order valence-electron chi connectivity index (χ4n) is 11.7. The topological polar surface area (TPSA) is 252 Å². The Bertz CT molecular complexity index is 3290. The molecular weight excluding hydrogens is 1060 g/mol. The number of nitrogen functional groups attached to an aromatic ring is 1. The molecule has 1 amide bonds. The molecule has 6 heterocycles. The standard InChI is InChI=1S/C26H33N5O3S.C16H21N3O2S.C16H28N2O3Si/c1-17-13-19(10-12-35(17,33)34)24(18-7-5-4-6-8-18)31-16-20(15-27-31)28-25(32)23-21-9-11-26(2,3)14-22(21)29-30-23;1-12-9-14(7-8-22(12,20)21)16(13-5-3-2-4-6-13)19-11-15(17)10-18-19;1-16(2)7-6-12-13(10-16)18(17-14(12)15(19)20)11-21-8-9-22(3,4)5/h4-8,15-17,19,24H,9-14H2,1-3H3,(H,28,32)(H,29,30);2-6,10-12,14,16H,7-9,17H2,1H3;6-11H2,1-5H3,(H,19,20). The van der Waals surface area contributed by atoms with Crippen LogP contribution in [0.5, 0.6) is 0 Å². The number of hydrogen-bond donors (Lipinski definition) is 4. The monoisotopic (exact) mass is 1140 g/mol. The van der Waals surface area contributed by atoms with Crippen molar-refractivity contribution in [1.82, 2.24) is 39.5 Å². The van der Waals surface area contributed by atoms with Crippen LogP contribution in [0.25, 0.3) is 0 Å². The van der Waals surface area contributed by atoms with Gasteiger partial charge in [-0.15, -0.1) is 0 Å². The number of carbonyl (C=O) groups excluding carboxylic acids is 1. The first kappa shape index (κ1) is 59.2. The Morgan fingerprint density at radius 3 is 1.84 bits per heavy atom. The van der Waals surface area contributed by atoms with Crippen LogP contribution in [-0.2, 0) is 56.8 Å². The van der Waals surface area contributed by atoms with Crippen LogP contribution in [0.4, 0.5) is 11.4 Å². The minimum atomic E-state index is -3.04. The van der Waals surface area contributed by atoms with Gasteiger partial charge in [-0.2, -0.15) is 20.4 Å². The number of nitrogens with one attached hydrogen (secondary N) is 2. The third-order valence-electron chi connectivity index (χ3n) is 16.4. The number of hydrogen-bond acceptors (Lipinski definition) is 12. The molecule has 428 valence electrons. The predicted octanol–water partition coefficient (Wildman–Crippen LogP) is 9.85. The number of carboxylic acids is 1. The van der Waals surface area contributed by atoms with Crippen LogP contribution < -0.4 is 11.1 Å². The number of ether oxygens (including phenoxy) is 1. The Hall–Kier alpha value is -5.90. The van der Waals surface area contributed by atoms with Gasteiger partial charge in [0.05, 0.1) is 57.9 Å². The lowest BCUT2D eigenvalue weighted by Gasteiger charge is -2.33. The first-order valence-corrected chi connectivity index (χ1v) is 35.0. The molecule has 0 radical (unpaired) electrons. The molecule has 4 aliphatic rings. The van der Waals surface area contributed by atoms with Gasteiger partial charge in [-0.05, 0) is 118 Å².